The van der Waals surface area contributed by atoms with Crippen LogP contribution < -0.4 is 5.56 Å². The van der Waals surface area contributed by atoms with Crippen LogP contribution in [0.4, 0.5) is 0 Å². The van der Waals surface area contributed by atoms with Gasteiger partial charge in [0.2, 0.25) is 0 Å². The van der Waals surface area contributed by atoms with Crippen LogP contribution in [0.3, 0.4) is 0 Å². The quantitative estimate of drug-likeness (QED) is 0.258. The Hall–Kier alpha value is -3.72. The first-order chi connectivity index (χ1) is 17.2. The van der Waals surface area contributed by atoms with Crippen LogP contribution in [0.1, 0.15) is 36.3 Å². The summed E-state index contributed by atoms with van der Waals surface area (Å²) >= 11 is 1.55. The minimum atomic E-state index is -0.109. The molecule has 3 aromatic rings. The molecule has 4 heterocycles. The van der Waals surface area contributed by atoms with Crippen molar-refractivity contribution in [2.75, 3.05) is 0 Å². The monoisotopic (exact) mass is 484 g/mol. The molecule has 176 valence electrons. The van der Waals surface area contributed by atoms with Gasteiger partial charge in [-0.1, -0.05) is 59.2 Å². The molecular formula is C26H24N6O2S. The maximum atomic E-state index is 13.4. The lowest BCUT2D eigenvalue weighted by atomic mass is 10.1. The fourth-order valence-corrected chi connectivity index (χ4v) is 5.35. The van der Waals surface area contributed by atoms with E-state index in [0.717, 1.165) is 54.3 Å². The van der Waals surface area contributed by atoms with Crippen LogP contribution >= 0.6 is 11.8 Å². The second-order valence-electron chi connectivity index (χ2n) is 8.72. The van der Waals surface area contributed by atoms with Gasteiger partial charge in [0.1, 0.15) is 5.56 Å². The number of hydrogen-bond donors (Lipinski definition) is 0. The Balaban J connectivity index is 1.35. The highest BCUT2D eigenvalue weighted by atomic mass is 32.2. The van der Waals surface area contributed by atoms with Crippen LogP contribution in [0.2, 0.25) is 0 Å². The Bertz CT molecular complexity index is 1500. The molecule has 0 saturated carbocycles. The van der Waals surface area contributed by atoms with E-state index in [1.807, 2.05) is 61.5 Å². The molecule has 0 spiro atoms. The highest BCUT2D eigenvalue weighted by Crippen LogP contribution is 2.31. The molecule has 1 aromatic heterocycles. The van der Waals surface area contributed by atoms with Gasteiger partial charge in [-0.05, 0) is 50.5 Å². The van der Waals surface area contributed by atoms with Crippen molar-refractivity contribution in [2.45, 2.75) is 50.1 Å². The van der Waals surface area contributed by atoms with E-state index in [0.29, 0.717) is 28.9 Å². The Labute approximate surface area is 206 Å². The second kappa shape index (κ2) is 9.14. The molecule has 0 unspecified atom stereocenters. The van der Waals surface area contributed by atoms with E-state index in [1.165, 1.54) is 10.2 Å². The summed E-state index contributed by atoms with van der Waals surface area (Å²) in [5.41, 5.74) is 4.36. The van der Waals surface area contributed by atoms with Crippen LogP contribution in [0.25, 0.3) is 28.5 Å². The van der Waals surface area contributed by atoms with Crippen molar-refractivity contribution < 1.29 is 4.52 Å². The Morgan fingerprint density at radius 3 is 2.66 bits per heavy atom. The number of rotatable bonds is 5. The molecule has 2 aromatic carbocycles. The summed E-state index contributed by atoms with van der Waals surface area (Å²) in [4.78, 5) is 22.8. The van der Waals surface area contributed by atoms with E-state index >= 15 is 0 Å². The molecular weight excluding hydrogens is 460 g/mol. The number of thioether (sulfide) groups is 1. The van der Waals surface area contributed by atoms with Gasteiger partial charge in [-0.2, -0.15) is 9.67 Å². The van der Waals surface area contributed by atoms with Gasteiger partial charge in [0.05, 0.1) is 11.4 Å². The predicted octanol–water partition coefficient (Wildman–Crippen LogP) is 4.91. The van der Waals surface area contributed by atoms with E-state index in [2.05, 4.69) is 19.8 Å². The molecule has 9 heteroatoms. The van der Waals surface area contributed by atoms with Gasteiger partial charge in [-0.3, -0.25) is 4.79 Å². The molecule has 35 heavy (non-hydrogen) atoms. The highest BCUT2D eigenvalue weighted by molar-refractivity contribution is 7.98. The summed E-state index contributed by atoms with van der Waals surface area (Å²) in [6, 6.07) is 17.5. The summed E-state index contributed by atoms with van der Waals surface area (Å²) in [5, 5.41) is 9.60. The first-order valence-corrected chi connectivity index (χ1v) is 12.8. The lowest BCUT2D eigenvalue weighted by Gasteiger charge is -2.17. The van der Waals surface area contributed by atoms with Crippen molar-refractivity contribution in [3.63, 3.8) is 0 Å². The molecule has 0 atom stereocenters. The maximum absolute atomic E-state index is 13.4. The molecule has 0 N–H and O–H groups in total. The molecule has 0 aliphatic carbocycles. The van der Waals surface area contributed by atoms with Gasteiger partial charge < -0.3 is 9.09 Å². The number of fused-ring (bicyclic) bond motifs is 3. The fraction of sp³-hybridized carbons (Fsp3) is 0.269. The summed E-state index contributed by atoms with van der Waals surface area (Å²) in [6.07, 6.45) is 4.06. The fourth-order valence-electron chi connectivity index (χ4n) is 4.46. The zero-order valence-corrected chi connectivity index (χ0v) is 20.2. The summed E-state index contributed by atoms with van der Waals surface area (Å²) in [5.74, 6) is 2.11. The van der Waals surface area contributed by atoms with E-state index in [-0.39, 0.29) is 5.56 Å². The highest BCUT2D eigenvalue weighted by Gasteiger charge is 2.27. The number of nitrogens with zero attached hydrogens (tertiary/aromatic N) is 6. The van der Waals surface area contributed by atoms with Gasteiger partial charge in [0.25, 0.3) is 11.4 Å². The molecule has 0 amide bonds. The van der Waals surface area contributed by atoms with Gasteiger partial charge >= 0.3 is 0 Å². The molecule has 0 fully saturated rings. The zero-order chi connectivity index (χ0) is 23.8. The van der Waals surface area contributed by atoms with Gasteiger partial charge in [-0.25, -0.2) is 4.98 Å². The van der Waals surface area contributed by atoms with Crippen LogP contribution in [0.15, 0.2) is 69.1 Å². The van der Waals surface area contributed by atoms with Crippen molar-refractivity contribution in [1.82, 2.24) is 29.5 Å². The van der Waals surface area contributed by atoms with Crippen LogP contribution in [0.5, 0.6) is 0 Å². The van der Waals surface area contributed by atoms with Gasteiger partial charge in [0, 0.05) is 17.8 Å². The van der Waals surface area contributed by atoms with Gasteiger partial charge in [-0.15, -0.1) is 5.10 Å². The second-order valence-corrected chi connectivity index (χ2v) is 9.67. The van der Waals surface area contributed by atoms with Crippen molar-refractivity contribution in [3.05, 3.63) is 82.0 Å². The third-order valence-corrected chi connectivity index (χ3v) is 7.24. The Morgan fingerprint density at radius 2 is 1.83 bits per heavy atom. The topological polar surface area (TPSA) is 91.6 Å². The molecule has 0 saturated heterocycles. The molecule has 0 bridgehead atoms. The third-order valence-electron chi connectivity index (χ3n) is 6.26. The molecule has 0 radical (unpaired) electrons. The molecule has 3 aliphatic heterocycles. The first-order valence-electron chi connectivity index (χ1n) is 11.8. The summed E-state index contributed by atoms with van der Waals surface area (Å²) in [6.45, 7) is 2.88. The number of aromatic nitrogens is 6. The average Bonchev–Trinajstić information content (AvgIpc) is 3.40. The molecule has 3 aliphatic rings. The lowest BCUT2D eigenvalue weighted by Crippen LogP contribution is -2.19. The predicted molar refractivity (Wildman–Crippen MR) is 134 cm³/mol. The lowest BCUT2D eigenvalue weighted by molar-refractivity contribution is 0.425. The number of para-hydroxylation sites is 1. The van der Waals surface area contributed by atoms with Crippen molar-refractivity contribution in [2.24, 2.45) is 0 Å². The largest absolute Gasteiger partial charge is 0.334 e. The summed E-state index contributed by atoms with van der Waals surface area (Å²) in [7, 11) is 0. The van der Waals surface area contributed by atoms with Crippen LogP contribution in [-0.4, -0.2) is 29.5 Å². The number of aryl methyl sites for hydroxylation is 1. The minimum absolute atomic E-state index is 0.109. The number of hydrogen-bond acceptors (Lipinski definition) is 7. The standard InChI is InChI=1S/C26H24N6O2S/c1-17-11-13-18(14-12-17)24-27-21(30-34-24)16-35-26-28-23-22(20-10-6-3-7-15-31(20)26)25(33)32(29-23)19-8-4-2-5-9-19/h2,4-5,8-9,11-14H,3,6-7,10,15-16H2,1H3. The SMILES string of the molecule is Cc1ccc(-c2nc(CSc3nc4nn(-c5ccccc5)c(=O)c-4c4n3CCCCC4)no2)cc1. The molecule has 6 rings (SSSR count). The van der Waals surface area contributed by atoms with Gasteiger partial charge in [0.15, 0.2) is 16.8 Å². The van der Waals surface area contributed by atoms with Crippen LogP contribution in [0, 0.1) is 6.92 Å². The first kappa shape index (κ1) is 21.8. The smallest absolute Gasteiger partial charge is 0.284 e. The molecule has 8 nitrogen and oxygen atoms in total. The van der Waals surface area contributed by atoms with E-state index in [1.54, 1.807) is 11.8 Å². The van der Waals surface area contributed by atoms with Crippen LogP contribution in [-0.2, 0) is 18.7 Å². The number of benzene rings is 2. The van der Waals surface area contributed by atoms with E-state index in [9.17, 15) is 4.79 Å². The van der Waals surface area contributed by atoms with Crippen molar-refractivity contribution in [3.8, 4) is 28.5 Å². The van der Waals surface area contributed by atoms with Crippen molar-refractivity contribution in [1.29, 1.82) is 0 Å². The summed E-state index contributed by atoms with van der Waals surface area (Å²) < 4.78 is 9.15. The van der Waals surface area contributed by atoms with E-state index in [4.69, 9.17) is 9.51 Å². The maximum Gasteiger partial charge on any atom is 0.284 e. The Morgan fingerprint density at radius 1 is 1.00 bits per heavy atom. The zero-order valence-electron chi connectivity index (χ0n) is 19.3. The normalized spacial score (nSPS) is 13.6. The third kappa shape index (κ3) is 4.16. The van der Waals surface area contributed by atoms with E-state index < -0.39 is 0 Å². The average molecular weight is 485 g/mol. The Kier molecular flexibility index (Phi) is 5.69. The van der Waals surface area contributed by atoms with Crippen molar-refractivity contribution >= 4 is 11.8 Å². The minimum Gasteiger partial charge on any atom is -0.334 e.